The Balaban J connectivity index is 0.00000151. The normalized spacial score (nSPS) is 16.7. The van der Waals surface area contributed by atoms with Gasteiger partial charge in [-0.3, -0.25) is 10.1 Å². The monoisotopic (exact) mass is 366 g/mol. The van der Waals surface area contributed by atoms with Gasteiger partial charge in [-0.05, 0) is 37.1 Å². The van der Waals surface area contributed by atoms with Gasteiger partial charge in [0.05, 0.1) is 13.2 Å². The van der Waals surface area contributed by atoms with Gasteiger partial charge in [0.25, 0.3) is 5.91 Å². The standard InChI is InChI=1S/C17H25N5O.CH3Cl/c1-4-21(12-19-3)11-17(23)20-14-7-8-22(10-14)15-5-6-16(18)13(2)9-15;1-2/h4-6,9,12,14H,1,7-8,10-11,18H2,2-3H3,(H,20,23);1H3/p+1. The highest BCUT2D eigenvalue weighted by molar-refractivity contribution is 6.15. The summed E-state index contributed by atoms with van der Waals surface area (Å²) >= 11 is 4.64. The molecule has 4 N–H and O–H groups in total. The van der Waals surface area contributed by atoms with E-state index in [2.05, 4.69) is 39.8 Å². The second-order valence-corrected chi connectivity index (χ2v) is 5.81. The minimum Gasteiger partial charge on any atom is -0.399 e. The number of nitrogens with one attached hydrogen (secondary N) is 2. The molecule has 1 aromatic rings. The van der Waals surface area contributed by atoms with Gasteiger partial charge in [0.15, 0.2) is 6.54 Å². The van der Waals surface area contributed by atoms with Crippen LogP contribution in [0, 0.1) is 6.92 Å². The van der Waals surface area contributed by atoms with Crippen molar-refractivity contribution < 1.29 is 9.37 Å². The molecule has 1 unspecified atom stereocenters. The Bertz CT molecular complexity index is 617. The summed E-state index contributed by atoms with van der Waals surface area (Å²) in [4.78, 5) is 14.4. The first-order valence-corrected chi connectivity index (χ1v) is 8.96. The predicted octanol–water partition coefficient (Wildman–Crippen LogP) is 1.53. The first kappa shape index (κ1) is 20.8. The van der Waals surface area contributed by atoms with Gasteiger partial charge in [-0.15, -0.1) is 11.6 Å². The Morgan fingerprint density at radius 3 is 2.84 bits per heavy atom. The molecule has 0 aliphatic carbocycles. The number of hydrogen-bond acceptors (Lipinski definition) is 3. The summed E-state index contributed by atoms with van der Waals surface area (Å²) in [7, 11) is 1.79. The van der Waals surface area contributed by atoms with Crippen LogP contribution in [0.1, 0.15) is 12.0 Å². The molecular weight excluding hydrogens is 338 g/mol. The number of nitrogen functional groups attached to an aromatic ring is 1. The largest absolute Gasteiger partial charge is 0.399 e. The fraction of sp³-hybridized carbons (Fsp3) is 0.444. The molecule has 138 valence electrons. The number of alkyl halides is 1. The summed E-state index contributed by atoms with van der Waals surface area (Å²) in [5, 5.41) is 5.97. The topological polar surface area (TPSA) is 73.4 Å². The van der Waals surface area contributed by atoms with E-state index in [0.717, 1.165) is 36.4 Å². The number of amides is 1. The van der Waals surface area contributed by atoms with E-state index in [-0.39, 0.29) is 18.5 Å². The summed E-state index contributed by atoms with van der Waals surface area (Å²) < 4.78 is 1.71. The number of nitrogens with two attached hydrogens (primary N) is 1. The van der Waals surface area contributed by atoms with Crippen LogP contribution in [0.15, 0.2) is 31.0 Å². The Morgan fingerprint density at radius 1 is 1.52 bits per heavy atom. The zero-order valence-corrected chi connectivity index (χ0v) is 16.0. The second kappa shape index (κ2) is 10.6. The third kappa shape index (κ3) is 6.31. The Labute approximate surface area is 155 Å². The van der Waals surface area contributed by atoms with Crippen LogP contribution < -0.4 is 21.3 Å². The average Bonchev–Trinajstić information content (AvgIpc) is 3.07. The van der Waals surface area contributed by atoms with Crippen molar-refractivity contribution in [2.45, 2.75) is 19.4 Å². The first-order chi connectivity index (χ1) is 12.0. The molecule has 6 nitrogen and oxygen atoms in total. The number of aryl methyl sites for hydroxylation is 1. The van der Waals surface area contributed by atoms with Gasteiger partial charge in [0.2, 0.25) is 6.34 Å². The van der Waals surface area contributed by atoms with Gasteiger partial charge in [0.1, 0.15) is 0 Å². The molecule has 1 saturated heterocycles. The van der Waals surface area contributed by atoms with E-state index < -0.39 is 0 Å². The Hall–Kier alpha value is -2.21. The van der Waals surface area contributed by atoms with E-state index in [4.69, 9.17) is 5.73 Å². The van der Waals surface area contributed by atoms with Crippen LogP contribution in [0.2, 0.25) is 0 Å². The minimum atomic E-state index is -0.00302. The Morgan fingerprint density at radius 2 is 2.24 bits per heavy atom. The molecule has 1 fully saturated rings. The maximum absolute atomic E-state index is 12.1. The number of halogens is 1. The lowest BCUT2D eigenvalue weighted by atomic mass is 10.2. The maximum atomic E-state index is 12.1. The fourth-order valence-electron chi connectivity index (χ4n) is 2.74. The number of carbonyl (C=O) groups excluding carboxylic acids is 1. The van der Waals surface area contributed by atoms with Crippen molar-refractivity contribution in [3.8, 4) is 0 Å². The van der Waals surface area contributed by atoms with Crippen LogP contribution in [0.4, 0.5) is 11.4 Å². The third-order valence-electron chi connectivity index (χ3n) is 4.03. The molecule has 1 atom stereocenters. The van der Waals surface area contributed by atoms with E-state index in [9.17, 15) is 4.79 Å². The SMILES string of the molecule is C=C[N+](=CNC)CC(=O)NC1CCN(c2ccc(N)c(C)c2)C1.CCl. The molecule has 0 radical (unpaired) electrons. The number of anilines is 2. The van der Waals surface area contributed by atoms with Gasteiger partial charge in [-0.1, -0.05) is 6.58 Å². The first-order valence-electron chi connectivity index (χ1n) is 8.20. The van der Waals surface area contributed by atoms with Gasteiger partial charge in [-0.25, -0.2) is 4.58 Å². The summed E-state index contributed by atoms with van der Waals surface area (Å²) in [5.74, 6) is -0.00302. The van der Waals surface area contributed by atoms with Crippen molar-refractivity contribution >= 4 is 35.2 Å². The lowest BCUT2D eigenvalue weighted by Crippen LogP contribution is -2.41. The number of benzene rings is 1. The van der Waals surface area contributed by atoms with Crippen LogP contribution in [-0.4, -0.2) is 55.9 Å². The van der Waals surface area contributed by atoms with Crippen molar-refractivity contribution in [3.63, 3.8) is 0 Å². The molecule has 25 heavy (non-hydrogen) atoms. The molecule has 2 rings (SSSR count). The van der Waals surface area contributed by atoms with Gasteiger partial charge >= 0.3 is 0 Å². The quantitative estimate of drug-likeness (QED) is 0.235. The molecule has 0 saturated carbocycles. The fourth-order valence-corrected chi connectivity index (χ4v) is 2.74. The molecule has 1 amide bonds. The molecule has 7 heteroatoms. The van der Waals surface area contributed by atoms with Crippen LogP contribution in [0.25, 0.3) is 0 Å². The second-order valence-electron chi connectivity index (χ2n) is 5.81. The summed E-state index contributed by atoms with van der Waals surface area (Å²) in [6.07, 6.45) is 5.75. The van der Waals surface area contributed by atoms with Crippen molar-refractivity contribution in [3.05, 3.63) is 36.5 Å². The summed E-state index contributed by atoms with van der Waals surface area (Å²) in [5.41, 5.74) is 8.92. The van der Waals surface area contributed by atoms with E-state index in [0.29, 0.717) is 0 Å². The van der Waals surface area contributed by atoms with Crippen LogP contribution >= 0.6 is 11.6 Å². The smallest absolute Gasteiger partial charge is 0.262 e. The van der Waals surface area contributed by atoms with Crippen LogP contribution in [-0.2, 0) is 4.79 Å². The van der Waals surface area contributed by atoms with E-state index in [1.54, 1.807) is 24.2 Å². The third-order valence-corrected chi connectivity index (χ3v) is 4.03. The van der Waals surface area contributed by atoms with Gasteiger partial charge in [0, 0.05) is 36.9 Å². The molecule has 1 aliphatic rings. The van der Waals surface area contributed by atoms with Crippen molar-refractivity contribution in [1.82, 2.24) is 10.6 Å². The van der Waals surface area contributed by atoms with E-state index >= 15 is 0 Å². The van der Waals surface area contributed by atoms with E-state index in [1.807, 2.05) is 19.1 Å². The molecule has 1 heterocycles. The molecular formula is C18H29ClN5O+. The van der Waals surface area contributed by atoms with Crippen LogP contribution in [0.5, 0.6) is 0 Å². The van der Waals surface area contributed by atoms with Crippen molar-refractivity contribution in [2.75, 3.05) is 43.7 Å². The van der Waals surface area contributed by atoms with Gasteiger partial charge < -0.3 is 16.0 Å². The summed E-state index contributed by atoms with van der Waals surface area (Å²) in [6, 6.07) is 6.24. The molecule has 0 aromatic heterocycles. The highest BCUT2D eigenvalue weighted by Crippen LogP contribution is 2.24. The number of nitrogens with zero attached hydrogens (tertiary/aromatic N) is 2. The number of carbonyl (C=O) groups is 1. The maximum Gasteiger partial charge on any atom is 0.262 e. The molecule has 1 aliphatic heterocycles. The van der Waals surface area contributed by atoms with Gasteiger partial charge in [-0.2, -0.15) is 0 Å². The molecule has 1 aromatic carbocycles. The predicted molar refractivity (Wildman–Crippen MR) is 107 cm³/mol. The molecule has 0 spiro atoms. The summed E-state index contributed by atoms with van der Waals surface area (Å²) in [6.45, 7) is 7.71. The highest BCUT2D eigenvalue weighted by Gasteiger charge is 2.24. The average molecular weight is 367 g/mol. The molecule has 0 bridgehead atoms. The highest BCUT2D eigenvalue weighted by atomic mass is 35.5. The van der Waals surface area contributed by atoms with Crippen molar-refractivity contribution in [2.24, 2.45) is 0 Å². The van der Waals surface area contributed by atoms with E-state index in [1.165, 1.54) is 6.38 Å². The number of rotatable bonds is 6. The minimum absolute atomic E-state index is 0.00302. The lowest BCUT2D eigenvalue weighted by molar-refractivity contribution is -0.441. The Kier molecular flexibility index (Phi) is 8.84. The van der Waals surface area contributed by atoms with Crippen LogP contribution in [0.3, 0.4) is 0 Å². The number of hydrogen-bond donors (Lipinski definition) is 3. The lowest BCUT2D eigenvalue weighted by Gasteiger charge is -2.20. The van der Waals surface area contributed by atoms with Crippen molar-refractivity contribution in [1.29, 1.82) is 0 Å². The zero-order chi connectivity index (χ0) is 18.8. The zero-order valence-electron chi connectivity index (χ0n) is 15.3.